The Morgan fingerprint density at radius 2 is 1.94 bits per heavy atom. The van der Waals surface area contributed by atoms with Gasteiger partial charge in [-0.1, -0.05) is 0 Å². The van der Waals surface area contributed by atoms with Gasteiger partial charge in [-0.2, -0.15) is 0 Å². The molecule has 3 rings (SSSR count). The molecule has 1 aliphatic heterocycles. The van der Waals surface area contributed by atoms with E-state index in [9.17, 15) is 5.11 Å². The molecule has 0 radical (unpaired) electrons. The Bertz CT molecular complexity index is 514. The molecule has 0 bridgehead atoms. The summed E-state index contributed by atoms with van der Waals surface area (Å²) in [6.45, 7) is 5.19. The maximum absolute atomic E-state index is 9.22. The Kier molecular flexibility index (Phi) is 5.12. The topological polar surface area (TPSA) is 20.2 Å². The molecule has 0 saturated heterocycles. The summed E-state index contributed by atoms with van der Waals surface area (Å²) in [6, 6.07) is 6.82. The third-order valence-electron chi connectivity index (χ3n) is 4.01. The molecule has 2 aliphatic rings. The molecule has 0 fully saturated rings. The SMILES string of the molecule is C[Si]1(C)C2=C(CCO)[CH]([Zr+2])c3cccc1c32.[Cl-].[Cl-]. The van der Waals surface area contributed by atoms with E-state index in [1.165, 1.54) is 0 Å². The Hall–Kier alpha value is 0.600. The smallest absolute Gasteiger partial charge is 1.00 e. The third kappa shape index (κ3) is 1.94. The first-order valence-corrected chi connectivity index (χ1v) is 10.2. The molecule has 1 heterocycles. The summed E-state index contributed by atoms with van der Waals surface area (Å²) in [7, 11) is -1.31. The van der Waals surface area contributed by atoms with E-state index in [0.717, 1.165) is 6.42 Å². The third-order valence-corrected chi connectivity index (χ3v) is 9.21. The molecule has 18 heavy (non-hydrogen) atoms. The van der Waals surface area contributed by atoms with Gasteiger partial charge in [0.1, 0.15) is 0 Å². The van der Waals surface area contributed by atoms with E-state index in [4.69, 9.17) is 0 Å². The molecule has 0 saturated carbocycles. The van der Waals surface area contributed by atoms with E-state index in [-0.39, 0.29) is 24.8 Å². The molecule has 1 unspecified atom stereocenters. The van der Waals surface area contributed by atoms with Crippen LogP contribution in [0.25, 0.3) is 5.20 Å². The van der Waals surface area contributed by atoms with Gasteiger partial charge in [-0.05, 0) is 0 Å². The molecule has 95 valence electrons. The second kappa shape index (κ2) is 5.54. The number of hydrogen-bond donors (Lipinski definition) is 1. The van der Waals surface area contributed by atoms with Gasteiger partial charge in [0.15, 0.2) is 0 Å². The number of rotatable bonds is 2. The van der Waals surface area contributed by atoms with Gasteiger partial charge in [0.2, 0.25) is 0 Å². The minimum Gasteiger partial charge on any atom is -1.00 e. The van der Waals surface area contributed by atoms with E-state index < -0.39 is 8.07 Å². The van der Waals surface area contributed by atoms with Crippen molar-refractivity contribution >= 4 is 18.5 Å². The summed E-state index contributed by atoms with van der Waals surface area (Å²) >= 11 is 1.57. The van der Waals surface area contributed by atoms with Gasteiger partial charge in [-0.25, -0.2) is 0 Å². The largest absolute Gasteiger partial charge is 1.00 e. The molecular formula is C13H15Cl2OSiZr. The molecule has 1 aliphatic carbocycles. The number of benzene rings is 1. The summed E-state index contributed by atoms with van der Waals surface area (Å²) < 4.78 is 0.624. The normalized spacial score (nSPS) is 21.7. The molecule has 0 amide bonds. The van der Waals surface area contributed by atoms with Crippen molar-refractivity contribution in [1.29, 1.82) is 0 Å². The van der Waals surface area contributed by atoms with Crippen LogP contribution in [-0.2, 0) is 24.7 Å². The fourth-order valence-corrected chi connectivity index (χ4v) is 8.40. The van der Waals surface area contributed by atoms with Crippen LogP contribution in [0, 0.1) is 0 Å². The molecule has 1 aromatic carbocycles. The second-order valence-electron chi connectivity index (χ2n) is 5.20. The molecule has 1 aromatic rings. The van der Waals surface area contributed by atoms with Crippen LogP contribution >= 0.6 is 0 Å². The van der Waals surface area contributed by atoms with Crippen LogP contribution < -0.4 is 30.0 Å². The molecule has 1 atom stereocenters. The first-order chi connectivity index (χ1) is 7.59. The first kappa shape index (κ1) is 16.7. The van der Waals surface area contributed by atoms with Gasteiger partial charge in [0, 0.05) is 0 Å². The standard InChI is InChI=1S/C13H15OSi.2ClH.Zr/c1-15(2)11-5-3-4-9-8-10(6-7-14)13(15)12(9)11;;;/h3-5,8,14H,6-7H2,1-2H3;2*1H;/q;;;+2/p-2. The average Bonchev–Trinajstić information content (AvgIpc) is 2.53. The molecule has 0 spiro atoms. The molecular weight excluding hydrogens is 362 g/mol. The van der Waals surface area contributed by atoms with Gasteiger partial charge in [0.05, 0.1) is 0 Å². The number of halogens is 2. The number of hydrogen-bond acceptors (Lipinski definition) is 1. The van der Waals surface area contributed by atoms with E-state index in [1.807, 2.05) is 0 Å². The maximum Gasteiger partial charge on any atom is -1.00 e. The predicted octanol–water partition coefficient (Wildman–Crippen LogP) is -4.10. The van der Waals surface area contributed by atoms with E-state index in [1.54, 1.807) is 51.8 Å². The summed E-state index contributed by atoms with van der Waals surface area (Å²) in [5.41, 5.74) is 4.68. The van der Waals surface area contributed by atoms with Crippen molar-refractivity contribution in [2.75, 3.05) is 6.61 Å². The predicted molar refractivity (Wildman–Crippen MR) is 64.9 cm³/mol. The van der Waals surface area contributed by atoms with Crippen LogP contribution in [0.3, 0.4) is 0 Å². The summed E-state index contributed by atoms with van der Waals surface area (Å²) in [5, 5.41) is 12.5. The van der Waals surface area contributed by atoms with Crippen LogP contribution in [0.5, 0.6) is 0 Å². The van der Waals surface area contributed by atoms with E-state index >= 15 is 0 Å². The van der Waals surface area contributed by atoms with Crippen molar-refractivity contribution in [3.05, 3.63) is 34.9 Å². The maximum atomic E-state index is 9.22. The van der Waals surface area contributed by atoms with Crippen molar-refractivity contribution in [3.63, 3.8) is 0 Å². The van der Waals surface area contributed by atoms with Crippen molar-refractivity contribution in [1.82, 2.24) is 0 Å². The fraction of sp³-hybridized carbons (Fsp3) is 0.385. The van der Waals surface area contributed by atoms with Crippen molar-refractivity contribution < 1.29 is 54.6 Å². The van der Waals surface area contributed by atoms with Gasteiger partial charge < -0.3 is 24.8 Å². The zero-order valence-electron chi connectivity index (χ0n) is 10.4. The zero-order chi connectivity index (χ0) is 11.5. The van der Waals surface area contributed by atoms with Crippen molar-refractivity contribution in [2.45, 2.75) is 23.1 Å². The van der Waals surface area contributed by atoms with Gasteiger partial charge in [-0.15, -0.1) is 0 Å². The average molecular weight is 377 g/mol. The molecule has 1 N–H and O–H groups in total. The van der Waals surface area contributed by atoms with Gasteiger partial charge in [-0.3, -0.25) is 0 Å². The van der Waals surface area contributed by atoms with Gasteiger partial charge >= 0.3 is 113 Å². The van der Waals surface area contributed by atoms with Crippen LogP contribution in [-0.4, -0.2) is 19.8 Å². The molecule has 1 nitrogen and oxygen atoms in total. The molecule has 5 heteroatoms. The van der Waals surface area contributed by atoms with E-state index in [2.05, 4.69) is 31.3 Å². The van der Waals surface area contributed by atoms with Crippen molar-refractivity contribution in [3.8, 4) is 0 Å². The monoisotopic (exact) mass is 375 g/mol. The minimum atomic E-state index is -1.31. The quantitative estimate of drug-likeness (QED) is 0.520. The fourth-order valence-electron chi connectivity index (χ4n) is 3.28. The van der Waals surface area contributed by atoms with Gasteiger partial charge in [0.25, 0.3) is 0 Å². The second-order valence-corrected chi connectivity index (χ2v) is 10.9. The van der Waals surface area contributed by atoms with E-state index in [0.29, 0.717) is 10.2 Å². The minimum absolute atomic E-state index is 0. The summed E-state index contributed by atoms with van der Waals surface area (Å²) in [6.07, 6.45) is 0.885. The Labute approximate surface area is 137 Å². The van der Waals surface area contributed by atoms with Crippen LogP contribution in [0.1, 0.15) is 21.2 Å². The van der Waals surface area contributed by atoms with Crippen molar-refractivity contribution in [2.24, 2.45) is 0 Å². The van der Waals surface area contributed by atoms with Crippen LogP contribution in [0.4, 0.5) is 0 Å². The zero-order valence-corrected chi connectivity index (χ0v) is 15.4. The summed E-state index contributed by atoms with van der Waals surface area (Å²) in [5.74, 6) is 0. The Morgan fingerprint density at radius 1 is 1.28 bits per heavy atom. The first-order valence-electron chi connectivity index (χ1n) is 5.78. The Balaban J connectivity index is 0.000000810. The van der Waals surface area contributed by atoms with Crippen LogP contribution in [0.15, 0.2) is 23.8 Å². The summed E-state index contributed by atoms with van der Waals surface area (Å²) in [4.78, 5) is 0. The number of aliphatic hydroxyl groups excluding tert-OH is 1. The number of aliphatic hydroxyl groups is 1. The molecule has 0 aromatic heterocycles. The van der Waals surface area contributed by atoms with Crippen LogP contribution in [0.2, 0.25) is 13.1 Å². The Morgan fingerprint density at radius 3 is 2.56 bits per heavy atom.